The van der Waals surface area contributed by atoms with Crippen molar-refractivity contribution in [1.82, 2.24) is 20.2 Å². The van der Waals surface area contributed by atoms with Gasteiger partial charge >= 0.3 is 0 Å². The maximum Gasteiger partial charge on any atom is 0.257 e. The summed E-state index contributed by atoms with van der Waals surface area (Å²) >= 11 is 5.59. The summed E-state index contributed by atoms with van der Waals surface area (Å²) in [5.41, 5.74) is 9.85. The third-order valence-corrected chi connectivity index (χ3v) is 7.17. The molecule has 1 aromatic rings. The minimum absolute atomic E-state index is 0.129. The molecule has 3 atom stereocenters. The molecule has 3 unspecified atom stereocenters. The van der Waals surface area contributed by atoms with Crippen molar-refractivity contribution in [2.45, 2.75) is 50.7 Å². The fraction of sp³-hybridized carbons (Fsp3) is 0.478. The topological polar surface area (TPSA) is 77.2 Å². The highest BCUT2D eigenvalue weighted by Crippen LogP contribution is 2.32. The lowest BCUT2D eigenvalue weighted by molar-refractivity contribution is 0.0555. The largest absolute Gasteiger partial charge is 0.355 e. The Bertz CT molecular complexity index is 1120. The number of nitrogens with two attached hydrogens (primary N) is 1. The van der Waals surface area contributed by atoms with Gasteiger partial charge in [-0.25, -0.2) is 23.6 Å². The van der Waals surface area contributed by atoms with E-state index in [2.05, 4.69) is 10.3 Å². The molecule has 0 saturated carbocycles. The summed E-state index contributed by atoms with van der Waals surface area (Å²) in [6, 6.07) is 0.107. The first-order valence-corrected chi connectivity index (χ1v) is 11.8. The minimum atomic E-state index is -1.50. The molecule has 1 amide bonds. The van der Waals surface area contributed by atoms with Crippen LogP contribution >= 0.6 is 11.6 Å². The fourth-order valence-electron chi connectivity index (χ4n) is 5.11. The van der Waals surface area contributed by atoms with Crippen molar-refractivity contribution in [1.29, 1.82) is 0 Å². The number of amides is 1. The van der Waals surface area contributed by atoms with E-state index in [0.717, 1.165) is 43.8 Å². The van der Waals surface area contributed by atoms with Crippen molar-refractivity contribution in [3.8, 4) is 0 Å². The molecule has 34 heavy (non-hydrogen) atoms. The number of likely N-dealkylation sites (tertiary alicyclic amines) is 2. The third-order valence-electron chi connectivity index (χ3n) is 6.84. The zero-order chi connectivity index (χ0) is 24.1. The van der Waals surface area contributed by atoms with Crippen LogP contribution in [0, 0.1) is 17.5 Å². The number of hydrazine groups is 1. The fourth-order valence-corrected chi connectivity index (χ4v) is 5.30. The van der Waals surface area contributed by atoms with Gasteiger partial charge in [0.15, 0.2) is 17.5 Å². The second kappa shape index (κ2) is 8.90. The number of halogens is 4. The summed E-state index contributed by atoms with van der Waals surface area (Å²) in [4.78, 5) is 21.8. The average molecular weight is 495 g/mol. The molecular weight excluding hydrogens is 469 g/mol. The minimum Gasteiger partial charge on any atom is -0.355 e. The van der Waals surface area contributed by atoms with Crippen molar-refractivity contribution in [2.75, 3.05) is 19.6 Å². The lowest BCUT2D eigenvalue weighted by Crippen LogP contribution is -2.54. The molecular formula is C23H26ClF3N6O. The number of hydrogen-bond acceptors (Lipinski definition) is 6. The summed E-state index contributed by atoms with van der Waals surface area (Å²) in [5, 5.41) is 0.811. The average Bonchev–Trinajstić information content (AvgIpc) is 3.44. The van der Waals surface area contributed by atoms with Crippen molar-refractivity contribution in [3.05, 3.63) is 57.8 Å². The first-order chi connectivity index (χ1) is 16.2. The second-order valence-electron chi connectivity index (χ2n) is 9.20. The number of amidine groups is 1. The Morgan fingerprint density at radius 3 is 2.74 bits per heavy atom. The molecule has 1 aromatic carbocycles. The van der Waals surface area contributed by atoms with Crippen molar-refractivity contribution >= 4 is 23.3 Å². The van der Waals surface area contributed by atoms with Crippen LogP contribution in [0.2, 0.25) is 5.02 Å². The van der Waals surface area contributed by atoms with E-state index < -0.39 is 33.9 Å². The van der Waals surface area contributed by atoms with E-state index in [1.165, 1.54) is 4.90 Å². The van der Waals surface area contributed by atoms with Crippen molar-refractivity contribution < 1.29 is 18.0 Å². The summed E-state index contributed by atoms with van der Waals surface area (Å²) in [7, 11) is 0. The van der Waals surface area contributed by atoms with Crippen molar-refractivity contribution in [2.24, 2.45) is 10.7 Å². The molecule has 0 spiro atoms. The van der Waals surface area contributed by atoms with Crippen LogP contribution in [-0.2, 0) is 0 Å². The number of rotatable bonds is 2. The molecule has 3 N–H and O–H groups in total. The summed E-state index contributed by atoms with van der Waals surface area (Å²) in [5.74, 6) is -3.22. The Morgan fingerprint density at radius 1 is 1.21 bits per heavy atom. The van der Waals surface area contributed by atoms with Gasteiger partial charge in [0.05, 0.1) is 17.6 Å². The van der Waals surface area contributed by atoms with Crippen LogP contribution in [0.4, 0.5) is 13.2 Å². The highest BCUT2D eigenvalue weighted by molar-refractivity contribution is 6.31. The molecule has 4 aliphatic rings. The maximum atomic E-state index is 14.6. The number of hydrogen-bond donors (Lipinski definition) is 2. The maximum absolute atomic E-state index is 14.6. The van der Waals surface area contributed by atoms with Gasteiger partial charge < -0.3 is 15.5 Å². The van der Waals surface area contributed by atoms with Crippen molar-refractivity contribution in [3.63, 3.8) is 0 Å². The first-order valence-electron chi connectivity index (χ1n) is 11.4. The van der Waals surface area contributed by atoms with E-state index in [1.807, 2.05) is 24.2 Å². The molecule has 0 radical (unpaired) electrons. The number of aliphatic imine (C=N–C) groups is 1. The van der Waals surface area contributed by atoms with Gasteiger partial charge in [0.2, 0.25) is 0 Å². The predicted molar refractivity (Wildman–Crippen MR) is 122 cm³/mol. The van der Waals surface area contributed by atoms with Gasteiger partial charge in [-0.2, -0.15) is 0 Å². The Morgan fingerprint density at radius 2 is 2.00 bits per heavy atom. The number of nitrogens with one attached hydrogen (secondary N) is 1. The Balaban J connectivity index is 1.41. The van der Waals surface area contributed by atoms with E-state index in [0.29, 0.717) is 24.9 Å². The first kappa shape index (κ1) is 23.2. The van der Waals surface area contributed by atoms with Gasteiger partial charge in [-0.3, -0.25) is 9.80 Å². The van der Waals surface area contributed by atoms with Crippen LogP contribution in [0.3, 0.4) is 0 Å². The number of carbonyl (C=O) groups excluding carboxylic acids is 1. The predicted octanol–water partition coefficient (Wildman–Crippen LogP) is 3.13. The van der Waals surface area contributed by atoms with Gasteiger partial charge in [0.1, 0.15) is 16.7 Å². The lowest BCUT2D eigenvalue weighted by Gasteiger charge is -2.39. The zero-order valence-electron chi connectivity index (χ0n) is 18.7. The monoisotopic (exact) mass is 494 g/mol. The highest BCUT2D eigenvalue weighted by Gasteiger charge is 2.39. The van der Waals surface area contributed by atoms with Crippen LogP contribution < -0.4 is 11.2 Å². The number of fused-ring (bicyclic) bond motifs is 1. The molecule has 0 bridgehead atoms. The molecule has 7 nitrogen and oxygen atoms in total. The quantitative estimate of drug-likeness (QED) is 0.488. The smallest absolute Gasteiger partial charge is 0.257 e. The van der Waals surface area contributed by atoms with Crippen LogP contribution in [0.15, 0.2) is 34.7 Å². The van der Waals surface area contributed by atoms with Gasteiger partial charge in [-0.1, -0.05) is 11.6 Å². The number of piperidine rings is 1. The van der Waals surface area contributed by atoms with E-state index in [-0.39, 0.29) is 18.1 Å². The SMILES string of the molecule is CC1=CN2NC(C3CCCCN3C(=O)c3cc(F)c(F)c(Cl)c3F)C=C2N=C1N1CCC(N)C1. The normalized spacial score (nSPS) is 26.9. The molecule has 4 aliphatic heterocycles. The number of carbonyl (C=O) groups is 1. The van der Waals surface area contributed by atoms with Gasteiger partial charge in [-0.15, -0.1) is 0 Å². The van der Waals surface area contributed by atoms with Gasteiger partial charge in [-0.05, 0) is 44.7 Å². The Labute approximate surface area is 200 Å². The molecule has 182 valence electrons. The third kappa shape index (κ3) is 3.97. The molecule has 0 aliphatic carbocycles. The van der Waals surface area contributed by atoms with Gasteiger partial charge in [0, 0.05) is 37.4 Å². The molecule has 0 aromatic heterocycles. The van der Waals surface area contributed by atoms with Crippen LogP contribution in [0.25, 0.3) is 0 Å². The second-order valence-corrected chi connectivity index (χ2v) is 9.58. The summed E-state index contributed by atoms with van der Waals surface area (Å²) in [6.45, 7) is 3.96. The number of nitrogens with zero attached hydrogens (tertiary/aromatic N) is 4. The molecule has 2 fully saturated rings. The standard InChI is InChI=1S/C23H26ClF3N6O/c1-12-10-33-18(29-22(12)31-7-5-13(28)11-31)9-16(30-33)17-4-2-3-6-32(17)23(34)14-8-15(25)21(27)19(24)20(14)26/h8-10,13,16-17,30H,2-7,11,28H2,1H3. The summed E-state index contributed by atoms with van der Waals surface area (Å²) in [6.07, 6.45) is 7.10. The zero-order valence-corrected chi connectivity index (χ0v) is 19.5. The number of benzene rings is 1. The van der Waals surface area contributed by atoms with Crippen LogP contribution in [-0.4, -0.2) is 64.3 Å². The molecule has 5 rings (SSSR count). The van der Waals surface area contributed by atoms with E-state index >= 15 is 0 Å². The highest BCUT2D eigenvalue weighted by atomic mass is 35.5. The van der Waals surface area contributed by atoms with Crippen LogP contribution in [0.5, 0.6) is 0 Å². The van der Waals surface area contributed by atoms with Crippen LogP contribution in [0.1, 0.15) is 43.0 Å². The lowest BCUT2D eigenvalue weighted by atomic mass is 9.95. The Kier molecular flexibility index (Phi) is 6.07. The van der Waals surface area contributed by atoms with Gasteiger partial charge in [0.25, 0.3) is 5.91 Å². The molecule has 4 heterocycles. The molecule has 11 heteroatoms. The van der Waals surface area contributed by atoms with E-state index in [4.69, 9.17) is 22.3 Å². The van der Waals surface area contributed by atoms with E-state index in [1.54, 1.807) is 0 Å². The summed E-state index contributed by atoms with van der Waals surface area (Å²) < 4.78 is 42.2. The molecule has 2 saturated heterocycles. The van der Waals surface area contributed by atoms with E-state index in [9.17, 15) is 18.0 Å². The Hall–Kier alpha value is -2.56.